The molecule has 0 radical (unpaired) electrons. The van der Waals surface area contributed by atoms with Crippen molar-refractivity contribution in [2.45, 2.75) is 32.2 Å². The van der Waals surface area contributed by atoms with Crippen LogP contribution in [0.15, 0.2) is 54.6 Å². The summed E-state index contributed by atoms with van der Waals surface area (Å²) in [6.45, 7) is 2.91. The largest absolute Gasteiger partial charge is 0.310 e. The number of rotatable bonds is 7. The van der Waals surface area contributed by atoms with Gasteiger partial charge < -0.3 is 5.32 Å². The predicted molar refractivity (Wildman–Crippen MR) is 82.2 cm³/mol. The Hall–Kier alpha value is -1.67. The minimum atomic E-state index is -0.113. The van der Waals surface area contributed by atoms with E-state index in [1.54, 1.807) is 6.07 Å². The Kier molecular flexibility index (Phi) is 5.75. The van der Waals surface area contributed by atoms with E-state index in [4.69, 9.17) is 0 Å². The Bertz CT molecular complexity index is 510. The van der Waals surface area contributed by atoms with Gasteiger partial charge in [-0.2, -0.15) is 0 Å². The molecule has 2 heteroatoms. The molecule has 0 aromatic heterocycles. The van der Waals surface area contributed by atoms with Gasteiger partial charge in [-0.15, -0.1) is 0 Å². The molecule has 2 aromatic carbocycles. The maximum Gasteiger partial charge on any atom is 0.127 e. The predicted octanol–water partition coefficient (Wildman–Crippen LogP) is 4.50. The van der Waals surface area contributed by atoms with Gasteiger partial charge >= 0.3 is 0 Å². The molecule has 0 aliphatic carbocycles. The highest BCUT2D eigenvalue weighted by Gasteiger charge is 2.13. The van der Waals surface area contributed by atoms with Crippen LogP contribution in [-0.2, 0) is 6.42 Å². The molecule has 0 saturated heterocycles. The summed E-state index contributed by atoms with van der Waals surface area (Å²) in [4.78, 5) is 0. The highest BCUT2D eigenvalue weighted by Crippen LogP contribution is 2.22. The monoisotopic (exact) mass is 271 g/mol. The molecule has 0 aliphatic heterocycles. The average molecular weight is 271 g/mol. The van der Waals surface area contributed by atoms with E-state index in [2.05, 4.69) is 36.5 Å². The Labute approximate surface area is 120 Å². The quantitative estimate of drug-likeness (QED) is 0.782. The van der Waals surface area contributed by atoms with E-state index in [-0.39, 0.29) is 11.9 Å². The van der Waals surface area contributed by atoms with Gasteiger partial charge in [0.1, 0.15) is 5.82 Å². The lowest BCUT2D eigenvalue weighted by molar-refractivity contribution is 0.472. The Morgan fingerprint density at radius 2 is 1.70 bits per heavy atom. The van der Waals surface area contributed by atoms with Crippen LogP contribution < -0.4 is 5.32 Å². The molecule has 0 aliphatic rings. The van der Waals surface area contributed by atoms with E-state index < -0.39 is 0 Å². The molecule has 0 fully saturated rings. The van der Waals surface area contributed by atoms with Crippen LogP contribution in [0.25, 0.3) is 0 Å². The molecule has 0 bridgehead atoms. The summed E-state index contributed by atoms with van der Waals surface area (Å²) in [6.07, 6.45) is 3.04. The van der Waals surface area contributed by atoms with Crippen molar-refractivity contribution in [2.24, 2.45) is 0 Å². The number of halogens is 1. The number of aryl methyl sites for hydroxylation is 1. The van der Waals surface area contributed by atoms with Crippen molar-refractivity contribution in [1.29, 1.82) is 0 Å². The second-order valence-electron chi connectivity index (χ2n) is 5.01. The smallest absolute Gasteiger partial charge is 0.127 e. The summed E-state index contributed by atoms with van der Waals surface area (Å²) < 4.78 is 13.9. The van der Waals surface area contributed by atoms with Crippen molar-refractivity contribution in [3.8, 4) is 0 Å². The van der Waals surface area contributed by atoms with Crippen molar-refractivity contribution in [3.63, 3.8) is 0 Å². The molecule has 20 heavy (non-hydrogen) atoms. The Balaban J connectivity index is 1.95. The third-order valence-electron chi connectivity index (χ3n) is 3.53. The number of hydrogen-bond donors (Lipinski definition) is 1. The van der Waals surface area contributed by atoms with Crippen LogP contribution in [0.4, 0.5) is 4.39 Å². The van der Waals surface area contributed by atoms with Crippen LogP contribution >= 0.6 is 0 Å². The summed E-state index contributed by atoms with van der Waals surface area (Å²) >= 11 is 0. The Morgan fingerprint density at radius 1 is 1.00 bits per heavy atom. The molecule has 0 amide bonds. The van der Waals surface area contributed by atoms with Gasteiger partial charge in [0.2, 0.25) is 0 Å². The zero-order valence-corrected chi connectivity index (χ0v) is 12.0. The fourth-order valence-electron chi connectivity index (χ4n) is 2.53. The molecule has 2 aromatic rings. The molecule has 0 saturated carbocycles. The summed E-state index contributed by atoms with van der Waals surface area (Å²) in [6, 6.07) is 17.6. The number of nitrogens with one attached hydrogen (secondary N) is 1. The van der Waals surface area contributed by atoms with Crippen LogP contribution in [0, 0.1) is 5.82 Å². The first-order chi connectivity index (χ1) is 9.81. The first kappa shape index (κ1) is 14.7. The number of hydrogen-bond acceptors (Lipinski definition) is 1. The number of benzene rings is 2. The fourth-order valence-corrected chi connectivity index (χ4v) is 2.53. The zero-order valence-electron chi connectivity index (χ0n) is 12.0. The maximum absolute atomic E-state index is 13.9. The summed E-state index contributed by atoms with van der Waals surface area (Å²) in [7, 11) is 0. The van der Waals surface area contributed by atoms with Crippen LogP contribution in [0.3, 0.4) is 0 Å². The fraction of sp³-hybridized carbons (Fsp3) is 0.333. The van der Waals surface area contributed by atoms with Crippen LogP contribution in [0.5, 0.6) is 0 Å². The molecule has 0 heterocycles. The maximum atomic E-state index is 13.9. The van der Waals surface area contributed by atoms with Gasteiger partial charge in [-0.25, -0.2) is 4.39 Å². The highest BCUT2D eigenvalue weighted by atomic mass is 19.1. The average Bonchev–Trinajstić information content (AvgIpc) is 2.48. The van der Waals surface area contributed by atoms with Crippen LogP contribution in [0.1, 0.15) is 36.9 Å². The molecule has 1 atom stereocenters. The standard InChI is InChI=1S/C18H22FN/c1-2-20-18(16-12-6-7-13-17(16)19)14-8-11-15-9-4-3-5-10-15/h3-7,9-10,12-13,18,20H,2,8,11,14H2,1H3. The third kappa shape index (κ3) is 4.17. The van der Waals surface area contributed by atoms with Gasteiger partial charge in [-0.1, -0.05) is 55.5 Å². The molecule has 106 valence electrons. The molecule has 0 spiro atoms. The van der Waals surface area contributed by atoms with Gasteiger partial charge in [0.25, 0.3) is 0 Å². The van der Waals surface area contributed by atoms with Crippen molar-refractivity contribution in [3.05, 3.63) is 71.5 Å². The van der Waals surface area contributed by atoms with Gasteiger partial charge in [-0.05, 0) is 37.4 Å². The van der Waals surface area contributed by atoms with Crippen molar-refractivity contribution in [1.82, 2.24) is 5.32 Å². The van der Waals surface area contributed by atoms with Gasteiger partial charge in [-0.3, -0.25) is 0 Å². The van der Waals surface area contributed by atoms with Crippen molar-refractivity contribution < 1.29 is 4.39 Å². The molecule has 1 unspecified atom stereocenters. The SMILES string of the molecule is CCNC(CCCc1ccccc1)c1ccccc1F. The van der Waals surface area contributed by atoms with Crippen molar-refractivity contribution >= 4 is 0 Å². The van der Waals surface area contributed by atoms with E-state index >= 15 is 0 Å². The molecule has 1 N–H and O–H groups in total. The zero-order chi connectivity index (χ0) is 14.2. The molecular formula is C18H22FN. The van der Waals surface area contributed by atoms with E-state index in [1.165, 1.54) is 11.6 Å². The lowest BCUT2D eigenvalue weighted by atomic mass is 9.98. The first-order valence-corrected chi connectivity index (χ1v) is 7.33. The third-order valence-corrected chi connectivity index (χ3v) is 3.53. The summed E-state index contributed by atoms with van der Waals surface area (Å²) in [5.41, 5.74) is 2.12. The summed E-state index contributed by atoms with van der Waals surface area (Å²) in [5, 5.41) is 3.39. The molecule has 1 nitrogen and oxygen atoms in total. The second kappa shape index (κ2) is 7.81. The van der Waals surface area contributed by atoms with E-state index in [0.29, 0.717) is 0 Å². The highest BCUT2D eigenvalue weighted by molar-refractivity contribution is 5.21. The van der Waals surface area contributed by atoms with Crippen LogP contribution in [-0.4, -0.2) is 6.54 Å². The minimum absolute atomic E-state index is 0.102. The second-order valence-corrected chi connectivity index (χ2v) is 5.01. The van der Waals surface area contributed by atoms with Gasteiger partial charge in [0, 0.05) is 11.6 Å². The van der Waals surface area contributed by atoms with Crippen molar-refractivity contribution in [2.75, 3.05) is 6.54 Å². The topological polar surface area (TPSA) is 12.0 Å². The Morgan fingerprint density at radius 3 is 2.40 bits per heavy atom. The van der Waals surface area contributed by atoms with Crippen LogP contribution in [0.2, 0.25) is 0 Å². The lowest BCUT2D eigenvalue weighted by Crippen LogP contribution is -2.22. The molecular weight excluding hydrogens is 249 g/mol. The lowest BCUT2D eigenvalue weighted by Gasteiger charge is -2.19. The van der Waals surface area contributed by atoms with Gasteiger partial charge in [0.15, 0.2) is 0 Å². The first-order valence-electron chi connectivity index (χ1n) is 7.33. The molecule has 2 rings (SSSR count). The minimum Gasteiger partial charge on any atom is -0.310 e. The summed E-state index contributed by atoms with van der Waals surface area (Å²) in [5.74, 6) is -0.113. The van der Waals surface area contributed by atoms with E-state index in [1.807, 2.05) is 18.2 Å². The van der Waals surface area contributed by atoms with E-state index in [9.17, 15) is 4.39 Å². The van der Waals surface area contributed by atoms with Gasteiger partial charge in [0.05, 0.1) is 0 Å². The normalized spacial score (nSPS) is 12.3. The van der Waals surface area contributed by atoms with E-state index in [0.717, 1.165) is 31.4 Å².